The van der Waals surface area contributed by atoms with E-state index in [1.54, 1.807) is 16.4 Å². The highest BCUT2D eigenvalue weighted by molar-refractivity contribution is 7.89. The molecule has 0 bridgehead atoms. The Labute approximate surface area is 198 Å². The van der Waals surface area contributed by atoms with E-state index >= 15 is 0 Å². The van der Waals surface area contributed by atoms with Crippen molar-refractivity contribution in [1.29, 1.82) is 0 Å². The topological polar surface area (TPSA) is 69.7 Å². The largest absolute Gasteiger partial charge is 0.350 e. The summed E-state index contributed by atoms with van der Waals surface area (Å²) in [6.07, 6.45) is 3.66. The molecule has 2 aliphatic rings. The Kier molecular flexibility index (Phi) is 9.64. The van der Waals surface area contributed by atoms with Crippen molar-refractivity contribution in [2.45, 2.75) is 50.4 Å². The van der Waals surface area contributed by atoms with E-state index in [1.165, 1.54) is 0 Å². The maximum atomic E-state index is 12.7. The number of nitrogens with zero attached hydrogens (tertiary/aromatic N) is 2. The van der Waals surface area contributed by atoms with Gasteiger partial charge in [-0.15, -0.1) is 24.0 Å². The molecule has 3 unspecified atom stereocenters. The zero-order valence-corrected chi connectivity index (χ0v) is 20.8. The first-order valence-electron chi connectivity index (χ1n) is 11.0. The zero-order valence-electron chi connectivity index (χ0n) is 18.4. The maximum absolute atomic E-state index is 12.7. The number of benzene rings is 1. The first kappa shape index (κ1) is 26.4. The fourth-order valence-corrected chi connectivity index (χ4v) is 6.84. The molecular weight excluding hydrogens is 457 g/mol. The number of sulfonamides is 1. The van der Waals surface area contributed by atoms with Crippen LogP contribution in [0.3, 0.4) is 0 Å². The van der Waals surface area contributed by atoms with E-state index in [0.717, 1.165) is 19.3 Å². The number of hydrogen-bond acceptors (Lipinski definition) is 4. The lowest BCUT2D eigenvalue weighted by atomic mass is 9.74. The second kappa shape index (κ2) is 11.3. The Morgan fingerprint density at radius 2 is 1.84 bits per heavy atom. The van der Waals surface area contributed by atoms with Gasteiger partial charge in [0, 0.05) is 38.3 Å². The molecule has 31 heavy (non-hydrogen) atoms. The standard InChI is InChI=1S/C22H34ClN3O3S.ClH/c1-3-16-30(28,29)26-14-12-25(13-15-26)22(11-7-8-18(2)20(22)23)17-24-21(27)19-9-5-4-6-10-19;/h4-6,9-10,18,20H,3,7-8,11-17H2,1-2H3,(H,24,27);1H. The van der Waals surface area contributed by atoms with E-state index in [1.807, 2.05) is 25.1 Å². The molecule has 0 aromatic heterocycles. The number of amides is 1. The summed E-state index contributed by atoms with van der Waals surface area (Å²) in [6.45, 7) is 6.77. The van der Waals surface area contributed by atoms with Crippen molar-refractivity contribution in [3.63, 3.8) is 0 Å². The van der Waals surface area contributed by atoms with Gasteiger partial charge in [-0.05, 0) is 37.3 Å². The third kappa shape index (κ3) is 5.93. The third-order valence-corrected chi connectivity index (χ3v) is 9.51. The Balaban J connectivity index is 0.00000341. The second-order valence-corrected chi connectivity index (χ2v) is 11.2. The van der Waals surface area contributed by atoms with Gasteiger partial charge in [0.15, 0.2) is 0 Å². The molecule has 1 aliphatic carbocycles. The summed E-state index contributed by atoms with van der Waals surface area (Å²) in [6, 6.07) is 9.21. The monoisotopic (exact) mass is 491 g/mol. The molecule has 1 saturated heterocycles. The van der Waals surface area contributed by atoms with E-state index in [0.29, 0.717) is 50.6 Å². The summed E-state index contributed by atoms with van der Waals surface area (Å²) in [5.41, 5.74) is 0.280. The Morgan fingerprint density at radius 3 is 2.45 bits per heavy atom. The zero-order chi connectivity index (χ0) is 21.8. The summed E-state index contributed by atoms with van der Waals surface area (Å²) in [5, 5.41) is 3.03. The van der Waals surface area contributed by atoms with Gasteiger partial charge in [-0.2, -0.15) is 4.31 Å². The smallest absolute Gasteiger partial charge is 0.251 e. The molecule has 9 heteroatoms. The van der Waals surface area contributed by atoms with Crippen LogP contribution in [0.15, 0.2) is 30.3 Å². The van der Waals surface area contributed by atoms with Gasteiger partial charge < -0.3 is 5.32 Å². The van der Waals surface area contributed by atoms with E-state index in [2.05, 4.69) is 17.1 Å². The van der Waals surface area contributed by atoms with E-state index < -0.39 is 10.0 Å². The molecule has 1 aromatic carbocycles. The van der Waals surface area contributed by atoms with Gasteiger partial charge in [0.2, 0.25) is 10.0 Å². The minimum atomic E-state index is -3.19. The molecule has 1 N–H and O–H groups in total. The van der Waals surface area contributed by atoms with Crippen molar-refractivity contribution in [2.75, 3.05) is 38.5 Å². The highest BCUT2D eigenvalue weighted by Crippen LogP contribution is 2.41. The Morgan fingerprint density at radius 1 is 1.19 bits per heavy atom. The van der Waals surface area contributed by atoms with Crippen molar-refractivity contribution in [1.82, 2.24) is 14.5 Å². The average Bonchev–Trinajstić information content (AvgIpc) is 2.75. The Hall–Kier alpha value is -0.860. The lowest BCUT2D eigenvalue weighted by molar-refractivity contribution is 0.0143. The SMILES string of the molecule is CCCS(=O)(=O)N1CCN(C2(CNC(=O)c3ccccc3)CCCC(C)C2Cl)CC1.Cl. The van der Waals surface area contributed by atoms with Gasteiger partial charge in [0.25, 0.3) is 5.91 Å². The van der Waals surface area contributed by atoms with Crippen LogP contribution in [0.5, 0.6) is 0 Å². The molecule has 3 rings (SSSR count). The van der Waals surface area contributed by atoms with Crippen LogP contribution in [0.2, 0.25) is 0 Å². The molecule has 3 atom stereocenters. The van der Waals surface area contributed by atoms with Crippen LogP contribution in [0.25, 0.3) is 0 Å². The Bertz CT molecular complexity index is 817. The fourth-order valence-electron chi connectivity index (χ4n) is 4.90. The van der Waals surface area contributed by atoms with E-state index in [9.17, 15) is 13.2 Å². The molecule has 1 aromatic rings. The molecule has 176 valence electrons. The van der Waals surface area contributed by atoms with E-state index in [4.69, 9.17) is 11.6 Å². The quantitative estimate of drug-likeness (QED) is 0.593. The minimum absolute atomic E-state index is 0. The van der Waals surface area contributed by atoms with E-state index in [-0.39, 0.29) is 35.0 Å². The molecule has 1 saturated carbocycles. The van der Waals surface area contributed by atoms with Gasteiger partial charge in [-0.25, -0.2) is 8.42 Å². The molecular formula is C22H35Cl2N3O3S. The summed E-state index contributed by atoms with van der Waals surface area (Å²) >= 11 is 7.00. The van der Waals surface area contributed by atoms with Gasteiger partial charge >= 0.3 is 0 Å². The van der Waals surface area contributed by atoms with Crippen molar-refractivity contribution in [3.05, 3.63) is 35.9 Å². The summed E-state index contributed by atoms with van der Waals surface area (Å²) in [5.74, 6) is 0.442. The number of carbonyl (C=O) groups is 1. The second-order valence-electron chi connectivity index (χ2n) is 8.63. The van der Waals surface area contributed by atoms with Crippen molar-refractivity contribution < 1.29 is 13.2 Å². The normalized spacial score (nSPS) is 28.0. The van der Waals surface area contributed by atoms with Crippen molar-refractivity contribution in [3.8, 4) is 0 Å². The molecule has 1 aliphatic heterocycles. The highest BCUT2D eigenvalue weighted by atomic mass is 35.5. The van der Waals surface area contributed by atoms with Gasteiger partial charge in [-0.3, -0.25) is 9.69 Å². The average molecular weight is 493 g/mol. The first-order valence-corrected chi connectivity index (χ1v) is 13.0. The van der Waals surface area contributed by atoms with Crippen LogP contribution in [-0.2, 0) is 10.0 Å². The van der Waals surface area contributed by atoms with Crippen LogP contribution < -0.4 is 5.32 Å². The molecule has 1 heterocycles. The van der Waals surface area contributed by atoms with Crippen LogP contribution in [0.4, 0.5) is 0 Å². The van der Waals surface area contributed by atoms with Gasteiger partial charge in [-0.1, -0.05) is 38.5 Å². The lowest BCUT2D eigenvalue weighted by Crippen LogP contribution is -2.67. The summed E-state index contributed by atoms with van der Waals surface area (Å²) < 4.78 is 26.5. The number of piperazine rings is 1. The molecule has 0 radical (unpaired) electrons. The van der Waals surface area contributed by atoms with Gasteiger partial charge in [0.05, 0.1) is 16.7 Å². The van der Waals surface area contributed by atoms with Crippen LogP contribution >= 0.6 is 24.0 Å². The van der Waals surface area contributed by atoms with Crippen molar-refractivity contribution in [2.24, 2.45) is 5.92 Å². The maximum Gasteiger partial charge on any atom is 0.251 e. The number of carbonyl (C=O) groups excluding carboxylic acids is 1. The van der Waals surface area contributed by atoms with Crippen LogP contribution in [-0.4, -0.2) is 72.9 Å². The summed E-state index contributed by atoms with van der Waals surface area (Å²) in [4.78, 5) is 15.0. The third-order valence-electron chi connectivity index (χ3n) is 6.60. The number of alkyl halides is 1. The molecule has 6 nitrogen and oxygen atoms in total. The highest BCUT2D eigenvalue weighted by Gasteiger charge is 2.48. The fraction of sp³-hybridized carbons (Fsp3) is 0.682. The number of rotatable bonds is 7. The minimum Gasteiger partial charge on any atom is -0.350 e. The lowest BCUT2D eigenvalue weighted by Gasteiger charge is -2.53. The predicted octanol–water partition coefficient (Wildman–Crippen LogP) is 3.36. The molecule has 0 spiro atoms. The molecule has 2 fully saturated rings. The molecule has 1 amide bonds. The summed E-state index contributed by atoms with van der Waals surface area (Å²) in [7, 11) is -3.19. The number of hydrogen-bond donors (Lipinski definition) is 1. The number of nitrogens with one attached hydrogen (secondary N) is 1. The van der Waals surface area contributed by atoms with Crippen molar-refractivity contribution >= 4 is 39.9 Å². The first-order chi connectivity index (χ1) is 14.3. The van der Waals surface area contributed by atoms with Crippen LogP contribution in [0.1, 0.15) is 49.9 Å². The predicted molar refractivity (Wildman–Crippen MR) is 129 cm³/mol. The number of halogens is 2. The van der Waals surface area contributed by atoms with Gasteiger partial charge in [0.1, 0.15) is 0 Å². The van der Waals surface area contributed by atoms with Crippen LogP contribution in [0, 0.1) is 5.92 Å².